The first-order chi connectivity index (χ1) is 37.2. The van der Waals surface area contributed by atoms with Gasteiger partial charge in [0.2, 0.25) is 11.8 Å². The van der Waals surface area contributed by atoms with Gasteiger partial charge in [-0.1, -0.05) is 60.2 Å². The van der Waals surface area contributed by atoms with Crippen molar-refractivity contribution in [1.82, 2.24) is 31.0 Å². The van der Waals surface area contributed by atoms with Crippen LogP contribution in [0.4, 0.5) is 4.79 Å². The quantitative estimate of drug-likeness (QED) is 0.0277. The van der Waals surface area contributed by atoms with E-state index >= 15 is 0 Å². The number of allylic oxidation sites excluding steroid dienone is 4. The first-order valence-corrected chi connectivity index (χ1v) is 28.1. The largest absolute Gasteiger partial charge is 0.480 e. The van der Waals surface area contributed by atoms with E-state index in [-0.39, 0.29) is 56.3 Å². The molecule has 3 aliphatic heterocycles. The summed E-state index contributed by atoms with van der Waals surface area (Å²) in [4.78, 5) is 105. The van der Waals surface area contributed by atoms with Gasteiger partial charge in [-0.15, -0.1) is 0 Å². The Morgan fingerprint density at radius 2 is 1.60 bits per heavy atom. The standard InChI is InChI=1S/C56H71N7O13S2/c1-12-34-33(6)45-27-43-38-16-13-37(53(69)73-10)51(54(70)74-11)56(38,7)47(59-43)28-40-32(5)36(15-18-50(66)72-9)42(58-40)25-41-35(31(4)39(57-41)26-46(34)63(45)8)14-17-49(65)61-62-55(71)76-23-24-77-78-29-44(52(67)68)60-48(64)20-22-75-21-19-30(2)3/h12-13,16,25-28,30,44-45,51,57-58H,1,14-15,17-24,29H2,2-11H3,(H,60,64)(H,61,65)(H,62,71)(H,67,68)/b40-28?,42-25-,43-27-,46-26?/t44-,45?,51-,56+/m1/s1. The molecule has 0 fully saturated rings. The first-order valence-electron chi connectivity index (χ1n) is 25.6. The fourth-order valence-corrected chi connectivity index (χ4v) is 11.9. The van der Waals surface area contributed by atoms with Crippen LogP contribution in [-0.4, -0.2) is 139 Å². The number of esters is 3. The average molecular weight is 1110 g/mol. The minimum absolute atomic E-state index is 0.0423. The fourth-order valence-electron chi connectivity index (χ4n) is 9.88. The molecule has 0 spiro atoms. The summed E-state index contributed by atoms with van der Waals surface area (Å²) in [6.07, 6.45) is 13.7. The third-order valence-corrected chi connectivity index (χ3v) is 16.8. The van der Waals surface area contributed by atoms with Gasteiger partial charge in [-0.2, -0.15) is 0 Å². The number of aromatic amines is 2. The number of hydrogen-bond donors (Lipinski definition) is 6. The lowest BCUT2D eigenvalue weighted by Gasteiger charge is -2.37. The number of hydrogen-bond acceptors (Lipinski definition) is 16. The van der Waals surface area contributed by atoms with Crippen LogP contribution in [0.1, 0.15) is 87.0 Å². The molecule has 0 saturated carbocycles. The first kappa shape index (κ1) is 60.2. The third kappa shape index (κ3) is 13.8. The number of hydrazine groups is 1. The van der Waals surface area contributed by atoms with Crippen LogP contribution in [-0.2, 0) is 65.3 Å². The van der Waals surface area contributed by atoms with E-state index in [0.29, 0.717) is 58.1 Å². The summed E-state index contributed by atoms with van der Waals surface area (Å²) in [6.45, 7) is 16.8. The second kappa shape index (κ2) is 27.0. The van der Waals surface area contributed by atoms with E-state index in [1.54, 1.807) is 6.08 Å². The summed E-state index contributed by atoms with van der Waals surface area (Å²) in [5, 5.41) is 13.4. The molecule has 2 aromatic heterocycles. The van der Waals surface area contributed by atoms with Crippen LogP contribution in [0.3, 0.4) is 0 Å². The normalized spacial score (nSPS) is 19.8. The fraction of sp³-hybridized carbons (Fsp3) is 0.464. The molecule has 6 rings (SSSR count). The zero-order valence-corrected chi connectivity index (χ0v) is 47.5. The van der Waals surface area contributed by atoms with Crippen LogP contribution in [0.2, 0.25) is 0 Å². The number of ether oxygens (including phenoxy) is 5. The molecule has 0 saturated heterocycles. The Hall–Kier alpha value is -7.04. The van der Waals surface area contributed by atoms with Gasteiger partial charge < -0.3 is 49.0 Å². The lowest BCUT2D eigenvalue weighted by atomic mass is 9.63. The molecule has 420 valence electrons. The van der Waals surface area contributed by atoms with Gasteiger partial charge in [-0.05, 0) is 116 Å². The Balaban J connectivity index is 1.24. The number of aliphatic imine (C=N–C) groups is 1. The van der Waals surface area contributed by atoms with E-state index in [1.165, 1.54) is 42.9 Å². The SMILES string of the molecule is C=CC1=C(C)C2/C=C3\N=C(C=c4[nH]/c(c(CCC(=O)OC)c4C)=C\c4[nH]c(c(C)c4CCC(=O)NNC(=O)OCCSSC[C@@H](NC(=O)CCOCCC(C)C)C(=O)O)C=C1N2C)[C@]1(C)C3=CC=C(C(=O)OC)[C@@H]1C(=O)OC. The van der Waals surface area contributed by atoms with Gasteiger partial charge in [0.05, 0.1) is 56.4 Å². The predicted molar refractivity (Wildman–Crippen MR) is 299 cm³/mol. The molecule has 3 amide bonds. The van der Waals surface area contributed by atoms with Crippen LogP contribution in [0.15, 0.2) is 69.6 Å². The lowest BCUT2D eigenvalue weighted by molar-refractivity contribution is -0.149. The molecule has 20 nitrogen and oxygen atoms in total. The molecule has 4 aliphatic rings. The van der Waals surface area contributed by atoms with Gasteiger partial charge in [0, 0.05) is 72.2 Å². The zero-order chi connectivity index (χ0) is 57.0. The molecule has 2 aromatic rings. The smallest absolute Gasteiger partial charge is 0.426 e. The molecule has 0 radical (unpaired) electrons. The number of carboxylic acid groups (broad SMARTS) is 1. The number of methoxy groups -OCH3 is 3. The maximum absolute atomic E-state index is 13.9. The molecule has 5 heterocycles. The van der Waals surface area contributed by atoms with Crippen molar-refractivity contribution in [3.05, 3.63) is 109 Å². The number of rotatable bonds is 23. The van der Waals surface area contributed by atoms with Crippen molar-refractivity contribution < 1.29 is 62.4 Å². The Kier molecular flexibility index (Phi) is 20.9. The summed E-state index contributed by atoms with van der Waals surface area (Å²) in [5.41, 5.74) is 12.9. The Bertz CT molecular complexity index is 3030. The van der Waals surface area contributed by atoms with Gasteiger partial charge in [0.15, 0.2) is 0 Å². The second-order valence-corrected chi connectivity index (χ2v) is 22.3. The zero-order valence-electron chi connectivity index (χ0n) is 45.9. The van der Waals surface area contributed by atoms with Crippen molar-refractivity contribution in [2.45, 2.75) is 92.2 Å². The predicted octanol–water partition coefficient (Wildman–Crippen LogP) is 5.11. The number of fused-ring (bicyclic) bond motifs is 10. The topological polar surface area (TPSA) is 269 Å². The van der Waals surface area contributed by atoms with E-state index in [0.717, 1.165) is 51.2 Å². The van der Waals surface area contributed by atoms with E-state index in [9.17, 15) is 38.7 Å². The number of likely N-dealkylation sites (N-methyl/N-ethyl adjacent to an activating group) is 1. The molecule has 1 aliphatic carbocycles. The van der Waals surface area contributed by atoms with Crippen molar-refractivity contribution in [3.63, 3.8) is 0 Å². The van der Waals surface area contributed by atoms with Crippen LogP contribution in [0, 0.1) is 31.1 Å². The van der Waals surface area contributed by atoms with Gasteiger partial charge >= 0.3 is 30.0 Å². The maximum atomic E-state index is 13.9. The Morgan fingerprint density at radius 3 is 2.28 bits per heavy atom. The number of amides is 3. The monoisotopic (exact) mass is 1110 g/mol. The van der Waals surface area contributed by atoms with Crippen molar-refractivity contribution in [2.24, 2.45) is 22.2 Å². The average Bonchev–Trinajstić information content (AvgIpc) is 4.05. The number of carbonyl (C=O) groups is 7. The minimum Gasteiger partial charge on any atom is -0.480 e. The molecular formula is C56H71N7O13S2. The highest BCUT2D eigenvalue weighted by Crippen LogP contribution is 2.53. The second-order valence-electron chi connectivity index (χ2n) is 19.7. The highest BCUT2D eigenvalue weighted by molar-refractivity contribution is 8.76. The summed E-state index contributed by atoms with van der Waals surface area (Å²) in [5.74, 6) is -4.07. The highest BCUT2D eigenvalue weighted by atomic mass is 33.1. The Morgan fingerprint density at radius 1 is 0.859 bits per heavy atom. The van der Waals surface area contributed by atoms with Crippen molar-refractivity contribution >= 4 is 87.3 Å². The summed E-state index contributed by atoms with van der Waals surface area (Å²) < 4.78 is 26.3. The molecule has 8 bridgehead atoms. The van der Waals surface area contributed by atoms with Crippen molar-refractivity contribution in [1.29, 1.82) is 0 Å². The van der Waals surface area contributed by atoms with Crippen LogP contribution >= 0.6 is 21.6 Å². The van der Waals surface area contributed by atoms with E-state index in [4.69, 9.17) is 28.7 Å². The molecule has 1 unspecified atom stereocenters. The summed E-state index contributed by atoms with van der Waals surface area (Å²) in [7, 11) is 8.32. The van der Waals surface area contributed by atoms with Gasteiger partial charge in [0.1, 0.15) is 18.6 Å². The molecular weight excluding hydrogens is 1040 g/mol. The number of aliphatic carboxylic acids is 1. The summed E-state index contributed by atoms with van der Waals surface area (Å²) in [6, 6.07) is -1.43. The number of carbonyl (C=O) groups excluding carboxylic acids is 6. The molecule has 22 heteroatoms. The number of H-pyrrole nitrogens is 2. The van der Waals surface area contributed by atoms with Crippen molar-refractivity contribution in [3.8, 4) is 0 Å². The molecule has 6 N–H and O–H groups in total. The van der Waals surface area contributed by atoms with Crippen molar-refractivity contribution in [2.75, 3.05) is 59.7 Å². The Labute approximate surface area is 461 Å². The van der Waals surface area contributed by atoms with E-state index < -0.39 is 59.2 Å². The highest BCUT2D eigenvalue weighted by Gasteiger charge is 2.55. The summed E-state index contributed by atoms with van der Waals surface area (Å²) >= 11 is 0. The molecule has 78 heavy (non-hydrogen) atoms. The number of nitrogens with one attached hydrogen (secondary N) is 5. The molecule has 0 aromatic carbocycles. The third-order valence-electron chi connectivity index (χ3n) is 14.4. The van der Waals surface area contributed by atoms with Crippen LogP contribution in [0.25, 0.3) is 18.2 Å². The van der Waals surface area contributed by atoms with Gasteiger partial charge in [-0.25, -0.2) is 19.8 Å². The number of nitrogens with zero attached hydrogens (tertiary/aromatic N) is 2. The van der Waals surface area contributed by atoms with E-state index in [2.05, 4.69) is 51.5 Å². The number of carboxylic acids is 1. The minimum atomic E-state index is -1.21. The van der Waals surface area contributed by atoms with Crippen LogP contribution < -0.4 is 26.9 Å². The van der Waals surface area contributed by atoms with Gasteiger partial charge in [0.25, 0.3) is 0 Å². The molecule has 4 atom stereocenters. The van der Waals surface area contributed by atoms with Crippen LogP contribution in [0.5, 0.6) is 0 Å². The lowest BCUT2D eigenvalue weighted by Crippen LogP contribution is -2.44. The van der Waals surface area contributed by atoms with E-state index in [1.807, 2.05) is 71.2 Å². The number of aromatic nitrogens is 2. The van der Waals surface area contributed by atoms with Gasteiger partial charge in [-0.3, -0.25) is 29.6 Å². The maximum Gasteiger partial charge on any atom is 0.426 e.